The maximum atomic E-state index is 15.1. The summed E-state index contributed by atoms with van der Waals surface area (Å²) in [7, 11) is -4.26. The van der Waals surface area contributed by atoms with Crippen molar-refractivity contribution in [2.24, 2.45) is 0 Å². The van der Waals surface area contributed by atoms with E-state index < -0.39 is 39.9 Å². The molecule has 0 spiro atoms. The summed E-state index contributed by atoms with van der Waals surface area (Å²) in [5.74, 6) is -1.99. The zero-order valence-electron chi connectivity index (χ0n) is 14.4. The van der Waals surface area contributed by atoms with Crippen LogP contribution in [0.15, 0.2) is 42.7 Å². The number of phenolic OH excluding ortho intramolecular Hbond substituents is 1. The molecule has 4 rings (SSSR count). The van der Waals surface area contributed by atoms with Gasteiger partial charge in [-0.05, 0) is 29.7 Å². The lowest BCUT2D eigenvalue weighted by molar-refractivity contribution is -0.117. The van der Waals surface area contributed by atoms with Crippen LogP contribution in [-0.2, 0) is 21.5 Å². The molecule has 0 radical (unpaired) electrons. The number of amides is 1. The Kier molecular flexibility index (Phi) is 4.30. The Labute approximate surface area is 159 Å². The number of phenols is 1. The SMILES string of the molecule is O=C1CN(c2c(O)cc3ccc(OCCn4cccn4)cc3c2F)S(=O)(=O)N1. The average Bonchev–Trinajstić information content (AvgIpc) is 3.23. The molecule has 1 aliphatic heterocycles. The third-order valence-electron chi connectivity index (χ3n) is 4.22. The van der Waals surface area contributed by atoms with Crippen molar-refractivity contribution < 1.29 is 27.4 Å². The third kappa shape index (κ3) is 3.20. The van der Waals surface area contributed by atoms with Crippen LogP contribution < -0.4 is 13.8 Å². The van der Waals surface area contributed by atoms with E-state index in [1.165, 1.54) is 12.1 Å². The van der Waals surface area contributed by atoms with E-state index in [0.717, 1.165) is 0 Å². The molecule has 0 aliphatic carbocycles. The van der Waals surface area contributed by atoms with Gasteiger partial charge in [0.1, 0.15) is 30.3 Å². The number of hydrogen-bond acceptors (Lipinski definition) is 6. The molecule has 3 aromatic rings. The summed E-state index contributed by atoms with van der Waals surface area (Å²) in [5, 5.41) is 14.6. The van der Waals surface area contributed by atoms with Gasteiger partial charge in [0.25, 0.3) is 5.91 Å². The molecule has 2 aromatic carbocycles. The van der Waals surface area contributed by atoms with Gasteiger partial charge in [0.05, 0.1) is 6.54 Å². The van der Waals surface area contributed by atoms with Crippen LogP contribution in [0.25, 0.3) is 10.8 Å². The van der Waals surface area contributed by atoms with Gasteiger partial charge < -0.3 is 9.84 Å². The van der Waals surface area contributed by atoms with Gasteiger partial charge in [-0.3, -0.25) is 9.48 Å². The Bertz CT molecular complexity index is 1160. The van der Waals surface area contributed by atoms with Crippen molar-refractivity contribution in [3.05, 3.63) is 48.5 Å². The lowest BCUT2D eigenvalue weighted by Gasteiger charge is -2.18. The summed E-state index contributed by atoms with van der Waals surface area (Å²) in [4.78, 5) is 11.4. The average molecular weight is 406 g/mol. The molecule has 2 N–H and O–H groups in total. The molecule has 9 nitrogen and oxygen atoms in total. The van der Waals surface area contributed by atoms with Gasteiger partial charge in [0.15, 0.2) is 5.82 Å². The van der Waals surface area contributed by atoms with Crippen molar-refractivity contribution in [3.63, 3.8) is 0 Å². The molecule has 1 amide bonds. The first kappa shape index (κ1) is 18.0. The summed E-state index contributed by atoms with van der Waals surface area (Å²) in [6.45, 7) is 0.172. The normalized spacial score (nSPS) is 15.8. The molecule has 1 aromatic heterocycles. The number of nitrogens with one attached hydrogen (secondary N) is 1. The highest BCUT2D eigenvalue weighted by Gasteiger charge is 2.37. The predicted molar refractivity (Wildman–Crippen MR) is 97.7 cm³/mol. The number of nitrogens with zero attached hydrogens (tertiary/aromatic N) is 3. The molecule has 1 aliphatic rings. The first-order chi connectivity index (χ1) is 13.3. The Morgan fingerprint density at radius 2 is 2.14 bits per heavy atom. The molecule has 0 saturated carbocycles. The summed E-state index contributed by atoms with van der Waals surface area (Å²) in [6, 6.07) is 7.59. The second kappa shape index (κ2) is 6.68. The van der Waals surface area contributed by atoms with Crippen LogP contribution in [0.1, 0.15) is 0 Å². The topological polar surface area (TPSA) is 114 Å². The quantitative estimate of drug-likeness (QED) is 0.657. The number of fused-ring (bicyclic) bond motifs is 1. The highest BCUT2D eigenvalue weighted by molar-refractivity contribution is 7.92. The fourth-order valence-electron chi connectivity index (χ4n) is 2.97. The van der Waals surface area contributed by atoms with Gasteiger partial charge in [0.2, 0.25) is 0 Å². The van der Waals surface area contributed by atoms with Crippen LogP contribution in [0.4, 0.5) is 10.1 Å². The summed E-state index contributed by atoms with van der Waals surface area (Å²) >= 11 is 0. The van der Waals surface area contributed by atoms with E-state index in [1.54, 1.807) is 40.0 Å². The Morgan fingerprint density at radius 3 is 2.82 bits per heavy atom. The summed E-state index contributed by atoms with van der Waals surface area (Å²) in [5.41, 5.74) is -0.584. The largest absolute Gasteiger partial charge is 0.506 e. The smallest absolute Gasteiger partial charge is 0.326 e. The molecule has 2 heterocycles. The molecule has 146 valence electrons. The van der Waals surface area contributed by atoms with Gasteiger partial charge in [-0.25, -0.2) is 13.4 Å². The number of halogens is 1. The molecule has 0 atom stereocenters. The van der Waals surface area contributed by atoms with E-state index in [2.05, 4.69) is 5.10 Å². The van der Waals surface area contributed by atoms with Crippen molar-refractivity contribution in [2.75, 3.05) is 17.5 Å². The van der Waals surface area contributed by atoms with Gasteiger partial charge in [-0.15, -0.1) is 0 Å². The fraction of sp³-hybridized carbons (Fsp3) is 0.176. The van der Waals surface area contributed by atoms with Crippen molar-refractivity contribution in [3.8, 4) is 11.5 Å². The number of anilines is 1. The van der Waals surface area contributed by atoms with Gasteiger partial charge in [-0.1, -0.05) is 6.07 Å². The van der Waals surface area contributed by atoms with E-state index >= 15 is 4.39 Å². The number of rotatable bonds is 5. The lowest BCUT2D eigenvalue weighted by Crippen LogP contribution is -2.30. The van der Waals surface area contributed by atoms with E-state index in [-0.39, 0.29) is 5.39 Å². The number of hydrogen-bond donors (Lipinski definition) is 2. The van der Waals surface area contributed by atoms with Crippen molar-refractivity contribution in [1.29, 1.82) is 0 Å². The predicted octanol–water partition coefficient (Wildman–Crippen LogP) is 1.14. The third-order valence-corrected chi connectivity index (χ3v) is 5.60. The Balaban J connectivity index is 1.67. The van der Waals surface area contributed by atoms with Crippen LogP contribution in [0.5, 0.6) is 11.5 Å². The fourth-order valence-corrected chi connectivity index (χ4v) is 4.13. The standard InChI is InChI=1S/C17H15FN4O5S/c18-16-13-9-12(27-7-6-21-5-1-4-19-21)3-2-11(13)8-14(23)17(16)22-10-15(24)20-28(22,25)26/h1-5,8-9,23H,6-7,10H2,(H,20,24). The van der Waals surface area contributed by atoms with E-state index in [0.29, 0.717) is 28.6 Å². The molecule has 0 bridgehead atoms. The molecule has 0 unspecified atom stereocenters. The van der Waals surface area contributed by atoms with Crippen LogP contribution in [0.3, 0.4) is 0 Å². The lowest BCUT2D eigenvalue weighted by atomic mass is 10.1. The van der Waals surface area contributed by atoms with E-state index in [9.17, 15) is 18.3 Å². The highest BCUT2D eigenvalue weighted by atomic mass is 32.2. The Hall–Kier alpha value is -3.34. The number of ether oxygens (including phenoxy) is 1. The number of aromatic nitrogens is 2. The minimum atomic E-state index is -4.26. The second-order valence-electron chi connectivity index (χ2n) is 6.10. The van der Waals surface area contributed by atoms with Crippen LogP contribution in [0.2, 0.25) is 0 Å². The minimum absolute atomic E-state index is 0.0546. The Morgan fingerprint density at radius 1 is 1.32 bits per heavy atom. The monoisotopic (exact) mass is 406 g/mol. The summed E-state index contributed by atoms with van der Waals surface area (Å²) in [6.07, 6.45) is 3.43. The first-order valence-electron chi connectivity index (χ1n) is 8.24. The zero-order valence-corrected chi connectivity index (χ0v) is 15.2. The van der Waals surface area contributed by atoms with Crippen LogP contribution in [-0.4, -0.2) is 42.4 Å². The highest BCUT2D eigenvalue weighted by Crippen LogP contribution is 2.39. The number of carbonyl (C=O) groups excluding carboxylic acids is 1. The summed E-state index contributed by atoms with van der Waals surface area (Å²) < 4.78 is 48.7. The second-order valence-corrected chi connectivity index (χ2v) is 7.69. The minimum Gasteiger partial charge on any atom is -0.506 e. The molecule has 1 fully saturated rings. The van der Waals surface area contributed by atoms with Crippen LogP contribution in [0, 0.1) is 5.82 Å². The van der Waals surface area contributed by atoms with Crippen molar-refractivity contribution in [1.82, 2.24) is 14.5 Å². The number of benzene rings is 2. The maximum absolute atomic E-state index is 15.1. The van der Waals surface area contributed by atoms with Gasteiger partial charge in [0, 0.05) is 17.8 Å². The van der Waals surface area contributed by atoms with Crippen molar-refractivity contribution >= 4 is 32.6 Å². The van der Waals surface area contributed by atoms with Crippen LogP contribution >= 0.6 is 0 Å². The van der Waals surface area contributed by atoms with Gasteiger partial charge >= 0.3 is 10.2 Å². The molecule has 11 heteroatoms. The van der Waals surface area contributed by atoms with E-state index in [1.807, 2.05) is 0 Å². The number of aromatic hydroxyl groups is 1. The maximum Gasteiger partial charge on any atom is 0.326 e. The first-order valence-corrected chi connectivity index (χ1v) is 9.68. The zero-order chi connectivity index (χ0) is 19.9. The molecular weight excluding hydrogens is 391 g/mol. The van der Waals surface area contributed by atoms with E-state index in [4.69, 9.17) is 4.74 Å². The molecule has 1 saturated heterocycles. The van der Waals surface area contributed by atoms with Gasteiger partial charge in [-0.2, -0.15) is 13.5 Å². The molecular formula is C17H15FN4O5S. The molecule has 28 heavy (non-hydrogen) atoms. The van der Waals surface area contributed by atoms with Crippen molar-refractivity contribution in [2.45, 2.75) is 6.54 Å². The number of carbonyl (C=O) groups is 1.